The maximum absolute atomic E-state index is 12.0. The number of hydrogen-bond acceptors (Lipinski definition) is 5. The van der Waals surface area contributed by atoms with Crippen LogP contribution in [0.1, 0.15) is 31.2 Å². The van der Waals surface area contributed by atoms with Crippen LogP contribution < -0.4 is 10.9 Å². The summed E-state index contributed by atoms with van der Waals surface area (Å²) in [6, 6.07) is 7.90. The van der Waals surface area contributed by atoms with Crippen LogP contribution in [0.3, 0.4) is 0 Å². The summed E-state index contributed by atoms with van der Waals surface area (Å²) >= 11 is 0.739. The third kappa shape index (κ3) is 3.47. The highest BCUT2D eigenvalue weighted by atomic mass is 32.1. The van der Waals surface area contributed by atoms with Gasteiger partial charge in [-0.1, -0.05) is 29.0 Å². The third-order valence-electron chi connectivity index (χ3n) is 2.91. The fourth-order valence-corrected chi connectivity index (χ4v) is 2.57. The van der Waals surface area contributed by atoms with Crippen LogP contribution >= 0.6 is 11.3 Å². The summed E-state index contributed by atoms with van der Waals surface area (Å²) in [7, 11) is 0. The molecule has 1 aromatic carbocycles. The van der Waals surface area contributed by atoms with E-state index in [0.29, 0.717) is 5.56 Å². The maximum Gasteiger partial charge on any atom is 0.324 e. The van der Waals surface area contributed by atoms with Crippen LogP contribution in [0.4, 0.5) is 5.00 Å². The van der Waals surface area contributed by atoms with Gasteiger partial charge in [0.25, 0.3) is 11.8 Å². The van der Waals surface area contributed by atoms with E-state index in [1.165, 1.54) is 12.1 Å². The molecule has 0 unspecified atom stereocenters. The van der Waals surface area contributed by atoms with Crippen molar-refractivity contribution in [1.29, 1.82) is 0 Å². The minimum absolute atomic E-state index is 0.133. The number of carbonyl (C=O) groups excluding carboxylic acids is 2. The molecule has 0 atom stereocenters. The van der Waals surface area contributed by atoms with Crippen molar-refractivity contribution in [3.05, 3.63) is 62.0 Å². The van der Waals surface area contributed by atoms with Crippen molar-refractivity contribution in [3.63, 3.8) is 0 Å². The molecule has 1 aromatic heterocycles. The number of hydrogen-bond donors (Lipinski definition) is 2. The first-order valence-electron chi connectivity index (χ1n) is 6.30. The van der Waals surface area contributed by atoms with Crippen molar-refractivity contribution in [3.8, 4) is 0 Å². The van der Waals surface area contributed by atoms with Crippen molar-refractivity contribution in [2.45, 2.75) is 13.8 Å². The molecule has 0 fully saturated rings. The molecule has 0 radical (unpaired) electrons. The first kappa shape index (κ1) is 15.6. The van der Waals surface area contributed by atoms with Gasteiger partial charge in [0.1, 0.15) is 4.88 Å². The molecule has 0 aliphatic heterocycles. The molecular weight excluding hydrogens is 306 g/mol. The Morgan fingerprint density at radius 2 is 1.77 bits per heavy atom. The number of thiophene rings is 1. The summed E-state index contributed by atoms with van der Waals surface area (Å²) in [4.78, 5) is 34.0. The number of benzene rings is 1. The Kier molecular flexibility index (Phi) is 4.52. The summed E-state index contributed by atoms with van der Waals surface area (Å²) in [6.45, 7) is 3.71. The number of aryl methyl sites for hydroxylation is 2. The van der Waals surface area contributed by atoms with Crippen LogP contribution in [-0.4, -0.2) is 16.7 Å². The van der Waals surface area contributed by atoms with Gasteiger partial charge in [-0.15, -0.1) is 0 Å². The van der Waals surface area contributed by atoms with E-state index in [-0.39, 0.29) is 9.88 Å². The molecule has 2 amide bonds. The highest BCUT2D eigenvalue weighted by Crippen LogP contribution is 2.23. The highest BCUT2D eigenvalue weighted by Gasteiger charge is 2.16. The van der Waals surface area contributed by atoms with E-state index in [2.05, 4.69) is 10.9 Å². The number of nitrogens with one attached hydrogen (secondary N) is 2. The Morgan fingerprint density at radius 3 is 2.36 bits per heavy atom. The van der Waals surface area contributed by atoms with E-state index in [4.69, 9.17) is 0 Å². The summed E-state index contributed by atoms with van der Waals surface area (Å²) in [5.41, 5.74) is 6.80. The maximum atomic E-state index is 12.0. The standard InChI is InChI=1S/C14H13N3O4S/c1-8-3-4-10(9(2)7-8)13(18)15-16-14(19)11-5-6-12(22-11)17(20)21/h3-7H,1-2H3,(H,15,18)(H,16,19). The van der Waals surface area contributed by atoms with E-state index >= 15 is 0 Å². The summed E-state index contributed by atoms with van der Waals surface area (Å²) in [5.74, 6) is -1.05. The predicted molar refractivity (Wildman–Crippen MR) is 81.8 cm³/mol. The molecule has 22 heavy (non-hydrogen) atoms. The van der Waals surface area contributed by atoms with Crippen LogP contribution in [0, 0.1) is 24.0 Å². The zero-order chi connectivity index (χ0) is 16.3. The van der Waals surface area contributed by atoms with Crippen LogP contribution in [0.2, 0.25) is 0 Å². The molecule has 0 bridgehead atoms. The van der Waals surface area contributed by atoms with Crippen LogP contribution in [-0.2, 0) is 0 Å². The van der Waals surface area contributed by atoms with Crippen LogP contribution in [0.25, 0.3) is 0 Å². The zero-order valence-corrected chi connectivity index (χ0v) is 12.7. The van der Waals surface area contributed by atoms with Gasteiger partial charge >= 0.3 is 5.00 Å². The van der Waals surface area contributed by atoms with Gasteiger partial charge < -0.3 is 0 Å². The molecule has 2 N–H and O–H groups in total. The predicted octanol–water partition coefficient (Wildman–Crippen LogP) is 2.35. The lowest BCUT2D eigenvalue weighted by atomic mass is 10.1. The zero-order valence-electron chi connectivity index (χ0n) is 11.9. The average molecular weight is 319 g/mol. The molecule has 2 aromatic rings. The first-order valence-corrected chi connectivity index (χ1v) is 7.12. The molecule has 0 saturated heterocycles. The number of nitro groups is 1. The lowest BCUT2D eigenvalue weighted by Gasteiger charge is -2.08. The normalized spacial score (nSPS) is 10.1. The SMILES string of the molecule is Cc1ccc(C(=O)NNC(=O)c2ccc([N+](=O)[O-])s2)c(C)c1. The van der Waals surface area contributed by atoms with Crippen LogP contribution in [0.15, 0.2) is 30.3 Å². The van der Waals surface area contributed by atoms with Gasteiger partial charge in [0.2, 0.25) is 0 Å². The van der Waals surface area contributed by atoms with E-state index < -0.39 is 16.7 Å². The Hall–Kier alpha value is -2.74. The van der Waals surface area contributed by atoms with Gasteiger partial charge in [-0.3, -0.25) is 30.6 Å². The minimum Gasteiger partial charge on any atom is -0.267 e. The van der Waals surface area contributed by atoms with Gasteiger partial charge in [-0.25, -0.2) is 0 Å². The van der Waals surface area contributed by atoms with E-state index in [1.54, 1.807) is 19.1 Å². The molecule has 1 heterocycles. The fraction of sp³-hybridized carbons (Fsp3) is 0.143. The van der Waals surface area contributed by atoms with Crippen molar-refractivity contribution >= 4 is 28.2 Å². The van der Waals surface area contributed by atoms with E-state index in [9.17, 15) is 19.7 Å². The number of nitrogens with zero attached hydrogens (tertiary/aromatic N) is 1. The molecule has 114 valence electrons. The Bertz CT molecular complexity index is 754. The second-order valence-corrected chi connectivity index (χ2v) is 5.68. The smallest absolute Gasteiger partial charge is 0.267 e. The van der Waals surface area contributed by atoms with Crippen molar-refractivity contribution in [2.75, 3.05) is 0 Å². The molecular formula is C14H13N3O4S. The van der Waals surface area contributed by atoms with Gasteiger partial charge in [0, 0.05) is 11.6 Å². The largest absolute Gasteiger partial charge is 0.324 e. The Morgan fingerprint density at radius 1 is 1.09 bits per heavy atom. The number of carbonyl (C=O) groups is 2. The molecule has 0 spiro atoms. The molecule has 0 aliphatic carbocycles. The third-order valence-corrected chi connectivity index (χ3v) is 3.95. The van der Waals surface area contributed by atoms with E-state index in [1.807, 2.05) is 13.0 Å². The number of amides is 2. The van der Waals surface area contributed by atoms with Gasteiger partial charge in [0.05, 0.1) is 4.92 Å². The summed E-state index contributed by atoms with van der Waals surface area (Å²) in [6.07, 6.45) is 0. The average Bonchev–Trinajstić information content (AvgIpc) is 2.94. The van der Waals surface area contributed by atoms with Gasteiger partial charge in [0.15, 0.2) is 0 Å². The molecule has 0 saturated carbocycles. The van der Waals surface area contributed by atoms with Gasteiger partial charge in [-0.2, -0.15) is 0 Å². The summed E-state index contributed by atoms with van der Waals surface area (Å²) in [5, 5.41) is 10.4. The first-order chi connectivity index (χ1) is 10.4. The molecule has 0 aliphatic rings. The summed E-state index contributed by atoms with van der Waals surface area (Å²) < 4.78 is 0. The Balaban J connectivity index is 2.01. The van der Waals surface area contributed by atoms with E-state index in [0.717, 1.165) is 22.5 Å². The lowest BCUT2D eigenvalue weighted by Crippen LogP contribution is -2.41. The number of rotatable bonds is 3. The molecule has 8 heteroatoms. The highest BCUT2D eigenvalue weighted by molar-refractivity contribution is 7.17. The second-order valence-electron chi connectivity index (χ2n) is 4.62. The second kappa shape index (κ2) is 6.35. The lowest BCUT2D eigenvalue weighted by molar-refractivity contribution is -0.380. The molecule has 7 nitrogen and oxygen atoms in total. The Labute approximate surface area is 130 Å². The fourth-order valence-electron chi connectivity index (χ4n) is 1.86. The van der Waals surface area contributed by atoms with Crippen LogP contribution in [0.5, 0.6) is 0 Å². The quantitative estimate of drug-likeness (QED) is 0.669. The number of hydrazine groups is 1. The monoisotopic (exact) mass is 319 g/mol. The van der Waals surface area contributed by atoms with Crippen molar-refractivity contribution < 1.29 is 14.5 Å². The van der Waals surface area contributed by atoms with Crippen molar-refractivity contribution in [2.24, 2.45) is 0 Å². The molecule has 2 rings (SSSR count). The minimum atomic E-state index is -0.601. The van der Waals surface area contributed by atoms with Crippen molar-refractivity contribution in [1.82, 2.24) is 10.9 Å². The topological polar surface area (TPSA) is 101 Å². The van der Waals surface area contributed by atoms with Gasteiger partial charge in [-0.05, 0) is 31.5 Å².